The largest absolute Gasteiger partial charge is 0.362 e. The Kier molecular flexibility index (Phi) is 5.74. The third-order valence-electron chi connectivity index (χ3n) is 3.89. The molecule has 2 rings (SSSR count). The van der Waals surface area contributed by atoms with Crippen molar-refractivity contribution in [1.29, 1.82) is 0 Å². The number of rotatable bonds is 6. The van der Waals surface area contributed by atoms with Crippen LogP contribution in [0.1, 0.15) is 28.7 Å². The summed E-state index contributed by atoms with van der Waals surface area (Å²) in [6.07, 6.45) is 3.04. The van der Waals surface area contributed by atoms with Crippen molar-refractivity contribution in [2.75, 3.05) is 19.0 Å². The molecule has 4 nitrogen and oxygen atoms in total. The second-order valence-corrected chi connectivity index (χ2v) is 6.09. The highest BCUT2D eigenvalue weighted by Crippen LogP contribution is 2.15. The second-order valence-electron chi connectivity index (χ2n) is 6.09. The number of hydrogen-bond acceptors (Lipinski definition) is 3. The molecule has 0 radical (unpaired) electrons. The molecule has 0 unspecified atom stereocenters. The molecule has 23 heavy (non-hydrogen) atoms. The number of pyridine rings is 1. The molecule has 1 N–H and O–H groups in total. The SMILES string of the molecule is Cc1ccc(CCC(=O)NCc2cccnc2N(C)C)c(C)c1. The normalized spacial score (nSPS) is 10.4. The van der Waals surface area contributed by atoms with E-state index in [0.29, 0.717) is 13.0 Å². The van der Waals surface area contributed by atoms with Crippen LogP contribution < -0.4 is 10.2 Å². The Balaban J connectivity index is 1.88. The van der Waals surface area contributed by atoms with Gasteiger partial charge in [0.1, 0.15) is 5.82 Å². The fraction of sp³-hybridized carbons (Fsp3) is 0.368. The molecule has 0 saturated carbocycles. The molecule has 0 bridgehead atoms. The lowest BCUT2D eigenvalue weighted by Crippen LogP contribution is -2.24. The van der Waals surface area contributed by atoms with E-state index in [1.165, 1.54) is 16.7 Å². The Morgan fingerprint density at radius 3 is 2.65 bits per heavy atom. The molecule has 0 aliphatic carbocycles. The summed E-state index contributed by atoms with van der Waals surface area (Å²) in [5.41, 5.74) is 4.77. The van der Waals surface area contributed by atoms with Gasteiger partial charge < -0.3 is 10.2 Å². The predicted octanol–water partition coefficient (Wildman–Crippen LogP) is 3.01. The molecule has 4 heteroatoms. The number of hydrogen-bond donors (Lipinski definition) is 1. The highest BCUT2D eigenvalue weighted by molar-refractivity contribution is 5.76. The van der Waals surface area contributed by atoms with Gasteiger partial charge in [-0.1, -0.05) is 29.8 Å². The van der Waals surface area contributed by atoms with Crippen molar-refractivity contribution in [2.45, 2.75) is 33.2 Å². The second kappa shape index (κ2) is 7.77. The third kappa shape index (κ3) is 4.81. The molecule has 0 atom stereocenters. The van der Waals surface area contributed by atoms with E-state index in [4.69, 9.17) is 0 Å². The molecule has 0 fully saturated rings. The highest BCUT2D eigenvalue weighted by atomic mass is 16.1. The molecule has 0 spiro atoms. The molecule has 1 amide bonds. The molecular formula is C19H25N3O. The fourth-order valence-electron chi connectivity index (χ4n) is 2.63. The summed E-state index contributed by atoms with van der Waals surface area (Å²) in [5, 5.41) is 2.99. The number of anilines is 1. The lowest BCUT2D eigenvalue weighted by Gasteiger charge is -2.16. The standard InChI is InChI=1S/C19H25N3O/c1-14-7-8-16(15(2)12-14)9-10-18(23)21-13-17-6-5-11-20-19(17)22(3)4/h5-8,11-12H,9-10,13H2,1-4H3,(H,21,23). The summed E-state index contributed by atoms with van der Waals surface area (Å²) >= 11 is 0. The van der Waals surface area contributed by atoms with E-state index in [1.807, 2.05) is 31.1 Å². The minimum absolute atomic E-state index is 0.0681. The summed E-state index contributed by atoms with van der Waals surface area (Å²) in [7, 11) is 3.90. The Labute approximate surface area is 138 Å². The van der Waals surface area contributed by atoms with Gasteiger partial charge in [-0.05, 0) is 37.5 Å². The van der Waals surface area contributed by atoms with E-state index in [0.717, 1.165) is 17.8 Å². The van der Waals surface area contributed by atoms with Crippen LogP contribution in [0.5, 0.6) is 0 Å². The smallest absolute Gasteiger partial charge is 0.220 e. The van der Waals surface area contributed by atoms with Crippen molar-refractivity contribution in [3.05, 3.63) is 58.8 Å². The van der Waals surface area contributed by atoms with Gasteiger partial charge in [-0.2, -0.15) is 0 Å². The van der Waals surface area contributed by atoms with Crippen LogP contribution >= 0.6 is 0 Å². The maximum atomic E-state index is 12.1. The number of carbonyl (C=O) groups excluding carboxylic acids is 1. The Hall–Kier alpha value is -2.36. The maximum absolute atomic E-state index is 12.1. The highest BCUT2D eigenvalue weighted by Gasteiger charge is 2.08. The van der Waals surface area contributed by atoms with E-state index in [2.05, 4.69) is 42.3 Å². The number of carbonyl (C=O) groups is 1. The van der Waals surface area contributed by atoms with Gasteiger partial charge in [0.05, 0.1) is 0 Å². The average Bonchev–Trinajstić information content (AvgIpc) is 2.52. The van der Waals surface area contributed by atoms with Crippen molar-refractivity contribution in [2.24, 2.45) is 0 Å². The zero-order chi connectivity index (χ0) is 16.8. The number of amides is 1. The first kappa shape index (κ1) is 17.0. The van der Waals surface area contributed by atoms with Gasteiger partial charge in [-0.15, -0.1) is 0 Å². The van der Waals surface area contributed by atoms with Crippen molar-refractivity contribution in [3.63, 3.8) is 0 Å². The van der Waals surface area contributed by atoms with Gasteiger partial charge in [0.25, 0.3) is 0 Å². The van der Waals surface area contributed by atoms with Crippen LogP contribution in [-0.2, 0) is 17.8 Å². The Bertz CT molecular complexity index is 680. The zero-order valence-electron chi connectivity index (χ0n) is 14.4. The molecule has 2 aromatic rings. The lowest BCUT2D eigenvalue weighted by molar-refractivity contribution is -0.121. The van der Waals surface area contributed by atoms with Crippen LogP contribution in [0, 0.1) is 13.8 Å². The monoisotopic (exact) mass is 311 g/mol. The molecule has 122 valence electrons. The molecule has 0 saturated heterocycles. The predicted molar refractivity (Wildman–Crippen MR) is 94.6 cm³/mol. The van der Waals surface area contributed by atoms with Crippen molar-refractivity contribution in [1.82, 2.24) is 10.3 Å². The summed E-state index contributed by atoms with van der Waals surface area (Å²) in [5.74, 6) is 0.959. The number of aryl methyl sites for hydroxylation is 3. The first-order valence-corrected chi connectivity index (χ1v) is 7.91. The van der Waals surface area contributed by atoms with Crippen molar-refractivity contribution >= 4 is 11.7 Å². The zero-order valence-corrected chi connectivity index (χ0v) is 14.4. The Morgan fingerprint density at radius 2 is 1.96 bits per heavy atom. The van der Waals surface area contributed by atoms with Gasteiger partial charge in [0, 0.05) is 38.8 Å². The molecule has 1 aromatic heterocycles. The summed E-state index contributed by atoms with van der Waals surface area (Å²) in [6.45, 7) is 4.69. The van der Waals surface area contributed by atoms with Crippen LogP contribution in [0.25, 0.3) is 0 Å². The summed E-state index contributed by atoms with van der Waals surface area (Å²) in [6, 6.07) is 10.3. The third-order valence-corrected chi connectivity index (χ3v) is 3.89. The summed E-state index contributed by atoms with van der Waals surface area (Å²) in [4.78, 5) is 18.4. The number of nitrogens with zero attached hydrogens (tertiary/aromatic N) is 2. The minimum Gasteiger partial charge on any atom is -0.362 e. The topological polar surface area (TPSA) is 45.2 Å². The van der Waals surface area contributed by atoms with E-state index >= 15 is 0 Å². The van der Waals surface area contributed by atoms with Crippen LogP contribution in [0.3, 0.4) is 0 Å². The quantitative estimate of drug-likeness (QED) is 0.892. The van der Waals surface area contributed by atoms with Crippen molar-refractivity contribution in [3.8, 4) is 0 Å². The molecule has 0 aliphatic rings. The van der Waals surface area contributed by atoms with E-state index in [9.17, 15) is 4.79 Å². The molecule has 0 aliphatic heterocycles. The van der Waals surface area contributed by atoms with Gasteiger partial charge in [0.2, 0.25) is 5.91 Å². The Morgan fingerprint density at radius 1 is 1.17 bits per heavy atom. The fourth-order valence-corrected chi connectivity index (χ4v) is 2.63. The molecule has 1 heterocycles. The van der Waals surface area contributed by atoms with Crippen LogP contribution in [0.4, 0.5) is 5.82 Å². The molecule has 1 aromatic carbocycles. The first-order valence-electron chi connectivity index (χ1n) is 7.91. The maximum Gasteiger partial charge on any atom is 0.220 e. The van der Waals surface area contributed by atoms with Gasteiger partial charge in [-0.3, -0.25) is 4.79 Å². The number of nitrogens with one attached hydrogen (secondary N) is 1. The van der Waals surface area contributed by atoms with Crippen LogP contribution in [0.2, 0.25) is 0 Å². The summed E-state index contributed by atoms with van der Waals surface area (Å²) < 4.78 is 0. The van der Waals surface area contributed by atoms with E-state index in [-0.39, 0.29) is 5.91 Å². The number of aromatic nitrogens is 1. The van der Waals surface area contributed by atoms with Crippen LogP contribution in [0.15, 0.2) is 36.5 Å². The van der Waals surface area contributed by atoms with Gasteiger partial charge in [0.15, 0.2) is 0 Å². The van der Waals surface area contributed by atoms with Crippen LogP contribution in [-0.4, -0.2) is 25.0 Å². The first-order chi connectivity index (χ1) is 11.0. The molecular weight excluding hydrogens is 286 g/mol. The lowest BCUT2D eigenvalue weighted by atomic mass is 10.0. The van der Waals surface area contributed by atoms with Crippen molar-refractivity contribution < 1.29 is 4.79 Å². The van der Waals surface area contributed by atoms with E-state index < -0.39 is 0 Å². The average molecular weight is 311 g/mol. The van der Waals surface area contributed by atoms with Gasteiger partial charge in [-0.25, -0.2) is 4.98 Å². The van der Waals surface area contributed by atoms with Gasteiger partial charge >= 0.3 is 0 Å². The minimum atomic E-state index is 0.0681. The van der Waals surface area contributed by atoms with E-state index in [1.54, 1.807) is 6.20 Å². The number of benzene rings is 1.